The topological polar surface area (TPSA) is 57.7 Å². The highest BCUT2D eigenvalue weighted by Crippen LogP contribution is 2.29. The van der Waals surface area contributed by atoms with Gasteiger partial charge in [0.05, 0.1) is 4.90 Å². The number of hydrogen-bond donors (Lipinski definition) is 0. The Morgan fingerprint density at radius 3 is 2.08 bits per heavy atom. The molecule has 0 aliphatic carbocycles. The molecule has 26 heavy (non-hydrogen) atoms. The SMILES string of the molecule is CCSCCC(=O)N1CCN(S(=O)(=O)c2c(C)c(C)cc(C)c2C)CC1. The second-order valence-electron chi connectivity index (χ2n) is 6.82. The second-order valence-corrected chi connectivity index (χ2v) is 10.1. The van der Waals surface area contributed by atoms with Crippen LogP contribution < -0.4 is 0 Å². The lowest BCUT2D eigenvalue weighted by atomic mass is 10.0. The van der Waals surface area contributed by atoms with Crippen LogP contribution in [-0.2, 0) is 14.8 Å². The van der Waals surface area contributed by atoms with Crippen molar-refractivity contribution in [1.29, 1.82) is 0 Å². The van der Waals surface area contributed by atoms with Crippen LogP contribution in [0, 0.1) is 27.7 Å². The summed E-state index contributed by atoms with van der Waals surface area (Å²) >= 11 is 1.75. The van der Waals surface area contributed by atoms with E-state index in [1.165, 1.54) is 4.31 Å². The molecule has 1 aromatic rings. The Morgan fingerprint density at radius 1 is 1.04 bits per heavy atom. The Bertz CT molecular complexity index is 741. The lowest BCUT2D eigenvalue weighted by Gasteiger charge is -2.35. The quantitative estimate of drug-likeness (QED) is 0.692. The van der Waals surface area contributed by atoms with Gasteiger partial charge in [-0.1, -0.05) is 13.0 Å². The van der Waals surface area contributed by atoms with E-state index in [0.29, 0.717) is 37.5 Å². The van der Waals surface area contributed by atoms with Crippen LogP contribution in [0.4, 0.5) is 0 Å². The molecule has 1 aromatic carbocycles. The number of carbonyl (C=O) groups excluding carboxylic acids is 1. The van der Waals surface area contributed by atoms with E-state index in [-0.39, 0.29) is 5.91 Å². The van der Waals surface area contributed by atoms with Crippen LogP contribution in [0.25, 0.3) is 0 Å². The maximum Gasteiger partial charge on any atom is 0.243 e. The standard InChI is InChI=1S/C19H30N2O3S2/c1-6-25-12-7-18(22)20-8-10-21(11-9-20)26(23,24)19-16(4)14(2)13-15(3)17(19)5/h13H,6-12H2,1-5H3. The summed E-state index contributed by atoms with van der Waals surface area (Å²) in [6.45, 7) is 11.4. The zero-order valence-corrected chi connectivity index (χ0v) is 18.1. The van der Waals surface area contributed by atoms with Crippen molar-refractivity contribution < 1.29 is 13.2 Å². The van der Waals surface area contributed by atoms with Crippen molar-refractivity contribution in [2.24, 2.45) is 0 Å². The molecular weight excluding hydrogens is 368 g/mol. The minimum atomic E-state index is -3.55. The Labute approximate surface area is 162 Å². The number of rotatable bonds is 6. The van der Waals surface area contributed by atoms with Gasteiger partial charge in [-0.3, -0.25) is 4.79 Å². The molecule has 0 spiro atoms. The van der Waals surface area contributed by atoms with E-state index in [2.05, 4.69) is 6.92 Å². The molecule has 7 heteroatoms. The molecule has 0 atom stereocenters. The summed E-state index contributed by atoms with van der Waals surface area (Å²) in [7, 11) is -3.55. The number of benzene rings is 1. The van der Waals surface area contributed by atoms with Crippen LogP contribution in [0.3, 0.4) is 0 Å². The molecule has 1 heterocycles. The molecule has 1 amide bonds. The number of hydrogen-bond acceptors (Lipinski definition) is 4. The summed E-state index contributed by atoms with van der Waals surface area (Å²) < 4.78 is 28.0. The van der Waals surface area contributed by atoms with Crippen molar-refractivity contribution in [3.8, 4) is 0 Å². The third kappa shape index (κ3) is 4.43. The molecule has 0 saturated carbocycles. The van der Waals surface area contributed by atoms with E-state index in [1.807, 2.05) is 33.8 Å². The Hall–Kier alpha value is -1.05. The third-order valence-electron chi connectivity index (χ3n) is 5.15. The normalized spacial score (nSPS) is 16.1. The molecule has 1 aliphatic rings. The van der Waals surface area contributed by atoms with Crippen LogP contribution in [0.2, 0.25) is 0 Å². The molecule has 2 rings (SSSR count). The summed E-state index contributed by atoms with van der Waals surface area (Å²) in [5.41, 5.74) is 3.63. The van der Waals surface area contributed by atoms with Crippen molar-refractivity contribution >= 4 is 27.7 Å². The van der Waals surface area contributed by atoms with Gasteiger partial charge in [0.2, 0.25) is 15.9 Å². The molecule has 0 radical (unpaired) electrons. The summed E-state index contributed by atoms with van der Waals surface area (Å²) in [6.07, 6.45) is 0.528. The highest BCUT2D eigenvalue weighted by atomic mass is 32.2. The number of carbonyl (C=O) groups is 1. The molecule has 1 aliphatic heterocycles. The number of amides is 1. The van der Waals surface area contributed by atoms with Crippen molar-refractivity contribution in [2.75, 3.05) is 37.7 Å². The lowest BCUT2D eigenvalue weighted by molar-refractivity contribution is -0.131. The monoisotopic (exact) mass is 398 g/mol. The molecule has 1 saturated heterocycles. The Morgan fingerprint density at radius 2 is 1.58 bits per heavy atom. The smallest absolute Gasteiger partial charge is 0.243 e. The van der Waals surface area contributed by atoms with Gasteiger partial charge in [0.1, 0.15) is 0 Å². The summed E-state index contributed by atoms with van der Waals surface area (Å²) in [4.78, 5) is 14.5. The Balaban J connectivity index is 2.13. The number of sulfonamides is 1. The zero-order chi connectivity index (χ0) is 19.5. The van der Waals surface area contributed by atoms with E-state index in [9.17, 15) is 13.2 Å². The van der Waals surface area contributed by atoms with Gasteiger partial charge in [-0.25, -0.2) is 8.42 Å². The number of aryl methyl sites for hydroxylation is 2. The third-order valence-corrected chi connectivity index (χ3v) is 8.23. The fourth-order valence-electron chi connectivity index (χ4n) is 3.34. The van der Waals surface area contributed by atoms with Gasteiger partial charge < -0.3 is 4.90 Å². The highest BCUT2D eigenvalue weighted by molar-refractivity contribution is 7.99. The van der Waals surface area contributed by atoms with E-state index in [4.69, 9.17) is 0 Å². The lowest BCUT2D eigenvalue weighted by Crippen LogP contribution is -2.50. The summed E-state index contributed by atoms with van der Waals surface area (Å²) in [6, 6.07) is 2.04. The maximum absolute atomic E-state index is 13.2. The van der Waals surface area contributed by atoms with Crippen LogP contribution in [0.5, 0.6) is 0 Å². The first-order valence-electron chi connectivity index (χ1n) is 9.13. The Kier molecular flexibility index (Phi) is 7.16. The molecule has 146 valence electrons. The fourth-order valence-corrected chi connectivity index (χ4v) is 5.94. The maximum atomic E-state index is 13.2. The van der Waals surface area contributed by atoms with Gasteiger partial charge in [0.15, 0.2) is 0 Å². The molecule has 0 aromatic heterocycles. The summed E-state index contributed by atoms with van der Waals surface area (Å²) in [5.74, 6) is 1.96. The van der Waals surface area contributed by atoms with Gasteiger partial charge in [0.25, 0.3) is 0 Å². The molecule has 0 unspecified atom stereocenters. The van der Waals surface area contributed by atoms with Gasteiger partial charge in [-0.05, 0) is 55.7 Å². The van der Waals surface area contributed by atoms with Gasteiger partial charge in [-0.2, -0.15) is 16.1 Å². The van der Waals surface area contributed by atoms with Gasteiger partial charge >= 0.3 is 0 Å². The first-order chi connectivity index (χ1) is 12.2. The molecule has 0 N–H and O–H groups in total. The fraction of sp³-hybridized carbons (Fsp3) is 0.632. The average Bonchev–Trinajstić information content (AvgIpc) is 2.60. The first-order valence-corrected chi connectivity index (χ1v) is 11.7. The predicted molar refractivity (Wildman–Crippen MR) is 108 cm³/mol. The van der Waals surface area contributed by atoms with Crippen LogP contribution in [-0.4, -0.2) is 61.2 Å². The van der Waals surface area contributed by atoms with Gasteiger partial charge in [0, 0.05) is 38.4 Å². The molecule has 0 bridgehead atoms. The summed E-state index contributed by atoms with van der Waals surface area (Å²) in [5, 5.41) is 0. The number of nitrogens with zero attached hydrogens (tertiary/aromatic N) is 2. The molecule has 1 fully saturated rings. The van der Waals surface area contributed by atoms with E-state index in [1.54, 1.807) is 16.7 Å². The average molecular weight is 399 g/mol. The number of piperazine rings is 1. The number of thioether (sulfide) groups is 1. The van der Waals surface area contributed by atoms with Crippen molar-refractivity contribution in [1.82, 2.24) is 9.21 Å². The van der Waals surface area contributed by atoms with E-state index < -0.39 is 10.0 Å². The second kappa shape index (κ2) is 8.76. The van der Waals surface area contributed by atoms with Crippen molar-refractivity contribution in [2.45, 2.75) is 45.9 Å². The van der Waals surface area contributed by atoms with E-state index in [0.717, 1.165) is 33.8 Å². The van der Waals surface area contributed by atoms with Crippen LogP contribution in [0.15, 0.2) is 11.0 Å². The largest absolute Gasteiger partial charge is 0.340 e. The van der Waals surface area contributed by atoms with Crippen LogP contribution in [0.1, 0.15) is 35.6 Å². The highest BCUT2D eigenvalue weighted by Gasteiger charge is 2.32. The first kappa shape index (κ1) is 21.3. The van der Waals surface area contributed by atoms with Crippen LogP contribution >= 0.6 is 11.8 Å². The molecule has 5 nitrogen and oxygen atoms in total. The minimum absolute atomic E-state index is 0.127. The predicted octanol–water partition coefficient (Wildman–Crippen LogP) is 2.90. The minimum Gasteiger partial charge on any atom is -0.340 e. The van der Waals surface area contributed by atoms with E-state index >= 15 is 0 Å². The van der Waals surface area contributed by atoms with Crippen molar-refractivity contribution in [3.63, 3.8) is 0 Å². The van der Waals surface area contributed by atoms with Crippen molar-refractivity contribution in [3.05, 3.63) is 28.3 Å². The van der Waals surface area contributed by atoms with Gasteiger partial charge in [-0.15, -0.1) is 0 Å². The zero-order valence-electron chi connectivity index (χ0n) is 16.5. The molecular formula is C19H30N2O3S2.